The smallest absolute Gasteiger partial charge is 0.396 e. The Balaban J connectivity index is 2.00. The molecule has 202 valence electrons. The van der Waals surface area contributed by atoms with Crippen molar-refractivity contribution >= 4 is 29.3 Å². The lowest BCUT2D eigenvalue weighted by molar-refractivity contribution is 0.0481. The van der Waals surface area contributed by atoms with Gasteiger partial charge in [-0.2, -0.15) is 0 Å². The number of nitrogens with zero attached hydrogens (tertiary/aromatic N) is 2. The van der Waals surface area contributed by atoms with Crippen LogP contribution in [0, 0.1) is 0 Å². The van der Waals surface area contributed by atoms with Crippen LogP contribution in [0.1, 0.15) is 66.6 Å². The van der Waals surface area contributed by atoms with Gasteiger partial charge in [0.1, 0.15) is 0 Å². The normalized spacial score (nSPS) is 11.8. The zero-order valence-corrected chi connectivity index (χ0v) is 23.3. The summed E-state index contributed by atoms with van der Waals surface area (Å²) in [5.41, 5.74) is 8.83. The van der Waals surface area contributed by atoms with Gasteiger partial charge in [0.15, 0.2) is 0 Å². The van der Waals surface area contributed by atoms with E-state index in [0.29, 0.717) is 12.8 Å². The second kappa shape index (κ2) is 13.3. The quantitative estimate of drug-likeness (QED) is 0.110. The fourth-order valence-electron chi connectivity index (χ4n) is 4.52. The largest absolute Gasteiger partial charge is 0.459 e. The molecule has 0 radical (unpaired) electrons. The Morgan fingerprint density at radius 1 is 0.775 bits per heavy atom. The molecule has 5 heteroatoms. The summed E-state index contributed by atoms with van der Waals surface area (Å²) in [6.07, 6.45) is 5.59. The van der Waals surface area contributed by atoms with Crippen molar-refractivity contribution in [3.05, 3.63) is 131 Å². The van der Waals surface area contributed by atoms with Crippen molar-refractivity contribution in [2.24, 2.45) is 0 Å². The van der Waals surface area contributed by atoms with Crippen molar-refractivity contribution in [1.29, 1.82) is 0 Å². The van der Waals surface area contributed by atoms with E-state index in [-0.39, 0.29) is 18.4 Å². The molecule has 1 aromatic heterocycles. The van der Waals surface area contributed by atoms with Gasteiger partial charge < -0.3 is 9.15 Å². The van der Waals surface area contributed by atoms with Crippen molar-refractivity contribution in [1.82, 2.24) is 10.2 Å². The van der Waals surface area contributed by atoms with Gasteiger partial charge in [-0.1, -0.05) is 115 Å². The Morgan fingerprint density at radius 3 is 1.73 bits per heavy atom. The van der Waals surface area contributed by atoms with Crippen LogP contribution in [0.25, 0.3) is 34.8 Å². The van der Waals surface area contributed by atoms with Gasteiger partial charge in [0, 0.05) is 0 Å². The third-order valence-corrected chi connectivity index (χ3v) is 6.11. The molecule has 1 heterocycles. The van der Waals surface area contributed by atoms with Gasteiger partial charge in [-0.3, -0.25) is 0 Å². The Hall–Kier alpha value is -4.77. The molecular weight excluding hydrogens is 496 g/mol. The highest BCUT2D eigenvalue weighted by Gasteiger charge is 2.24. The SMILES string of the molecule is C=C(C)C/C(=C/c1ccccc1)c1cccc(/C(=C/c2ccccc2)CC(=C)C)c1-c1nnc(C(=O)OCC)o1. The molecule has 0 saturated heterocycles. The highest BCUT2D eigenvalue weighted by Crippen LogP contribution is 2.40. The van der Waals surface area contributed by atoms with Gasteiger partial charge in [0.25, 0.3) is 0 Å². The first-order chi connectivity index (χ1) is 19.4. The number of aromatic nitrogens is 2. The molecule has 4 rings (SSSR count). The number of allylic oxidation sites excluding steroid dienone is 4. The maximum absolute atomic E-state index is 12.4. The molecule has 0 aliphatic heterocycles. The Bertz CT molecular complexity index is 1470. The number of esters is 1. The van der Waals surface area contributed by atoms with E-state index in [1.54, 1.807) is 6.92 Å². The number of benzene rings is 3. The number of ether oxygens (including phenoxy) is 1. The molecule has 0 aliphatic carbocycles. The van der Waals surface area contributed by atoms with Crippen molar-refractivity contribution in [2.75, 3.05) is 6.61 Å². The first-order valence-corrected chi connectivity index (χ1v) is 13.3. The van der Waals surface area contributed by atoms with Gasteiger partial charge in [0.2, 0.25) is 5.89 Å². The maximum Gasteiger partial charge on any atom is 0.396 e. The standard InChI is InChI=1S/C35H34N2O3/c1-6-39-35(38)34-37-36-33(40-34)32-30(28(20-24(2)3)22-26-14-9-7-10-15-26)18-13-19-31(32)29(21-25(4)5)23-27-16-11-8-12-17-27/h7-19,22-23H,2,4,6,20-21H2,1,3,5H3/b28-22-,29-23+. The number of hydrogen-bond donors (Lipinski definition) is 0. The number of carbonyl (C=O) groups is 1. The van der Waals surface area contributed by atoms with Crippen LogP contribution in [0.5, 0.6) is 0 Å². The first-order valence-electron chi connectivity index (χ1n) is 13.3. The molecule has 0 N–H and O–H groups in total. The second-order valence-corrected chi connectivity index (χ2v) is 9.79. The van der Waals surface area contributed by atoms with Crippen LogP contribution in [-0.4, -0.2) is 22.8 Å². The summed E-state index contributed by atoms with van der Waals surface area (Å²) < 4.78 is 11.1. The van der Waals surface area contributed by atoms with E-state index in [0.717, 1.165) is 50.1 Å². The molecule has 0 unspecified atom stereocenters. The third kappa shape index (κ3) is 7.20. The first kappa shape index (κ1) is 28.2. The lowest BCUT2D eigenvalue weighted by Gasteiger charge is -2.18. The number of rotatable bonds is 11. The molecule has 4 aromatic rings. The van der Waals surface area contributed by atoms with Gasteiger partial charge in [-0.25, -0.2) is 4.79 Å². The highest BCUT2D eigenvalue weighted by molar-refractivity contribution is 5.96. The highest BCUT2D eigenvalue weighted by atomic mass is 16.5. The molecule has 0 fully saturated rings. The third-order valence-electron chi connectivity index (χ3n) is 6.11. The van der Waals surface area contributed by atoms with Crippen LogP contribution in [0.2, 0.25) is 0 Å². The van der Waals surface area contributed by atoms with Crippen LogP contribution in [0.3, 0.4) is 0 Å². The predicted octanol–water partition coefficient (Wildman–Crippen LogP) is 8.93. The van der Waals surface area contributed by atoms with Crippen LogP contribution in [0.4, 0.5) is 0 Å². The Labute approximate surface area is 236 Å². The summed E-state index contributed by atoms with van der Waals surface area (Å²) in [6, 6.07) is 26.4. The summed E-state index contributed by atoms with van der Waals surface area (Å²) in [5.74, 6) is -0.584. The minimum atomic E-state index is -0.649. The van der Waals surface area contributed by atoms with Crippen LogP contribution in [0.15, 0.2) is 108 Å². The molecule has 0 saturated carbocycles. The van der Waals surface area contributed by atoms with E-state index in [2.05, 4.69) is 59.8 Å². The Kier molecular flexibility index (Phi) is 9.42. The molecule has 0 bridgehead atoms. The predicted molar refractivity (Wildman–Crippen MR) is 163 cm³/mol. The van der Waals surface area contributed by atoms with E-state index in [9.17, 15) is 4.79 Å². The molecule has 0 atom stereocenters. The fraction of sp³-hybridized carbons (Fsp3) is 0.171. The van der Waals surface area contributed by atoms with Gasteiger partial charge in [-0.15, -0.1) is 10.2 Å². The molecule has 5 nitrogen and oxygen atoms in total. The maximum atomic E-state index is 12.4. The average Bonchev–Trinajstić information content (AvgIpc) is 3.43. The summed E-state index contributed by atoms with van der Waals surface area (Å²) >= 11 is 0. The molecule has 0 aliphatic rings. The lowest BCUT2D eigenvalue weighted by Crippen LogP contribution is -2.04. The van der Waals surface area contributed by atoms with Crippen LogP contribution in [-0.2, 0) is 4.74 Å². The lowest BCUT2D eigenvalue weighted by atomic mass is 9.86. The zero-order valence-electron chi connectivity index (χ0n) is 23.3. The van der Waals surface area contributed by atoms with Crippen LogP contribution < -0.4 is 0 Å². The minimum absolute atomic E-state index is 0.181. The molecule has 3 aromatic carbocycles. The van der Waals surface area contributed by atoms with Gasteiger partial charge in [0.05, 0.1) is 12.2 Å². The summed E-state index contributed by atoms with van der Waals surface area (Å²) in [4.78, 5) is 12.4. The number of carbonyl (C=O) groups excluding carboxylic acids is 1. The fourth-order valence-corrected chi connectivity index (χ4v) is 4.52. The average molecular weight is 531 g/mol. The van der Waals surface area contributed by atoms with E-state index < -0.39 is 5.97 Å². The van der Waals surface area contributed by atoms with Crippen molar-refractivity contribution in [2.45, 2.75) is 33.6 Å². The summed E-state index contributed by atoms with van der Waals surface area (Å²) in [5, 5.41) is 8.37. The molecule has 0 spiro atoms. The topological polar surface area (TPSA) is 65.2 Å². The van der Waals surface area contributed by atoms with E-state index in [1.165, 1.54) is 0 Å². The second-order valence-electron chi connectivity index (χ2n) is 9.79. The van der Waals surface area contributed by atoms with Crippen LogP contribution >= 0.6 is 0 Å². The van der Waals surface area contributed by atoms with E-state index in [1.807, 2.05) is 68.4 Å². The van der Waals surface area contributed by atoms with Crippen molar-refractivity contribution in [3.8, 4) is 11.5 Å². The molecular formula is C35H34N2O3. The summed E-state index contributed by atoms with van der Waals surface area (Å²) in [6.45, 7) is 14.3. The van der Waals surface area contributed by atoms with E-state index in [4.69, 9.17) is 9.15 Å². The van der Waals surface area contributed by atoms with Gasteiger partial charge in [-0.05, 0) is 67.0 Å². The molecule has 0 amide bonds. The zero-order chi connectivity index (χ0) is 28.5. The van der Waals surface area contributed by atoms with E-state index >= 15 is 0 Å². The monoisotopic (exact) mass is 530 g/mol. The minimum Gasteiger partial charge on any atom is -0.459 e. The van der Waals surface area contributed by atoms with Gasteiger partial charge >= 0.3 is 11.9 Å². The summed E-state index contributed by atoms with van der Waals surface area (Å²) in [7, 11) is 0. The Morgan fingerprint density at radius 2 is 1.27 bits per heavy atom. The van der Waals surface area contributed by atoms with Crippen molar-refractivity contribution < 1.29 is 13.9 Å². The molecule has 40 heavy (non-hydrogen) atoms. The number of hydrogen-bond acceptors (Lipinski definition) is 5. The van der Waals surface area contributed by atoms with Crippen molar-refractivity contribution in [3.63, 3.8) is 0 Å².